The van der Waals surface area contributed by atoms with Crippen LogP contribution in [0.1, 0.15) is 29.8 Å². The zero-order chi connectivity index (χ0) is 15.8. The van der Waals surface area contributed by atoms with Crippen LogP contribution in [0, 0.1) is 0 Å². The number of aliphatic hydroxyl groups is 1. The summed E-state index contributed by atoms with van der Waals surface area (Å²) in [5.41, 5.74) is 0.210. The highest BCUT2D eigenvalue weighted by Gasteiger charge is 2.47. The maximum Gasteiger partial charge on any atom is 0.416 e. The molecule has 1 aromatic heterocycles. The second kappa shape index (κ2) is 5.88. The van der Waals surface area contributed by atoms with Crippen molar-refractivity contribution in [1.29, 1.82) is 0 Å². The number of aromatic nitrogens is 1. The molecule has 1 N–H and O–H groups in total. The summed E-state index contributed by atoms with van der Waals surface area (Å²) in [5.74, 6) is -0.544. The smallest absolute Gasteiger partial charge is 0.382 e. The Morgan fingerprint density at radius 2 is 2.14 bits per heavy atom. The van der Waals surface area contributed by atoms with Crippen LogP contribution in [0.3, 0.4) is 0 Å². The average Bonchev–Trinajstić information content (AvgIpc) is 2.75. The molecule has 1 aromatic rings. The molecule has 1 aliphatic rings. The molecule has 1 amide bonds. The number of aryl methyl sites for hydroxylation is 1. The van der Waals surface area contributed by atoms with Crippen LogP contribution < -0.4 is 0 Å². The molecule has 0 aromatic carbocycles. The lowest BCUT2D eigenvalue weighted by Gasteiger charge is -2.38. The number of carbonyl (C=O) groups is 1. The highest BCUT2D eigenvalue weighted by Crippen LogP contribution is 2.31. The van der Waals surface area contributed by atoms with Gasteiger partial charge >= 0.3 is 6.18 Å². The number of likely N-dealkylation sites (tertiary alicyclic amines) is 1. The van der Waals surface area contributed by atoms with Gasteiger partial charge in [-0.3, -0.25) is 4.79 Å². The van der Waals surface area contributed by atoms with E-state index in [0.29, 0.717) is 17.9 Å². The number of carbonyl (C=O) groups excluding carboxylic acids is 1. The Morgan fingerprint density at radius 3 is 2.67 bits per heavy atom. The van der Waals surface area contributed by atoms with E-state index in [1.807, 2.05) is 0 Å². The van der Waals surface area contributed by atoms with Gasteiger partial charge in [0, 0.05) is 19.8 Å². The summed E-state index contributed by atoms with van der Waals surface area (Å²) >= 11 is 5.80. The zero-order valence-electron chi connectivity index (χ0n) is 11.4. The Bertz CT molecular complexity index is 530. The summed E-state index contributed by atoms with van der Waals surface area (Å²) in [6, 6.07) is 0.162. The van der Waals surface area contributed by atoms with Crippen molar-refractivity contribution >= 4 is 17.5 Å². The Kier molecular flexibility index (Phi) is 4.53. The Morgan fingerprint density at radius 1 is 1.48 bits per heavy atom. The van der Waals surface area contributed by atoms with Crippen LogP contribution in [-0.4, -0.2) is 45.3 Å². The van der Waals surface area contributed by atoms with Crippen molar-refractivity contribution in [3.8, 4) is 0 Å². The fourth-order valence-corrected chi connectivity index (χ4v) is 2.89. The van der Waals surface area contributed by atoms with E-state index < -0.39 is 24.2 Å². The molecule has 21 heavy (non-hydrogen) atoms. The Labute approximate surface area is 125 Å². The number of rotatable bonds is 2. The third kappa shape index (κ3) is 3.35. The Balaban J connectivity index is 2.26. The summed E-state index contributed by atoms with van der Waals surface area (Å²) < 4.78 is 39.7. The minimum atomic E-state index is -4.74. The summed E-state index contributed by atoms with van der Waals surface area (Å²) in [4.78, 5) is 13.5. The number of hydrogen-bond donors (Lipinski definition) is 1. The van der Waals surface area contributed by atoms with Gasteiger partial charge in [0.05, 0.1) is 11.1 Å². The monoisotopic (exact) mass is 324 g/mol. The first-order valence-corrected chi connectivity index (χ1v) is 6.97. The van der Waals surface area contributed by atoms with Crippen molar-refractivity contribution in [1.82, 2.24) is 9.47 Å². The number of amides is 1. The highest BCUT2D eigenvalue weighted by molar-refractivity contribution is 6.31. The number of nitrogens with zero attached hydrogens (tertiary/aromatic N) is 2. The van der Waals surface area contributed by atoms with E-state index in [-0.39, 0.29) is 18.7 Å². The van der Waals surface area contributed by atoms with Gasteiger partial charge in [0.2, 0.25) is 0 Å². The lowest BCUT2D eigenvalue weighted by molar-refractivity contribution is -0.221. The standard InChI is InChI=1S/C13H16ClF3N2O2/c1-18-7-8(14)6-10(18)12(21)19-5-3-2-4-9(19)11(20)13(15,16)17/h6-7,9,11,20H,2-5H2,1H3. The fourth-order valence-electron chi connectivity index (χ4n) is 2.64. The number of alkyl halides is 3. The molecule has 1 saturated heterocycles. The van der Waals surface area contributed by atoms with E-state index in [1.165, 1.54) is 16.8 Å². The van der Waals surface area contributed by atoms with Gasteiger partial charge in [-0.05, 0) is 25.3 Å². The normalized spacial score (nSPS) is 21.4. The van der Waals surface area contributed by atoms with Gasteiger partial charge in [0.25, 0.3) is 5.91 Å². The molecule has 0 bridgehead atoms. The van der Waals surface area contributed by atoms with Crippen LogP contribution in [-0.2, 0) is 7.05 Å². The first-order valence-electron chi connectivity index (χ1n) is 6.59. The van der Waals surface area contributed by atoms with Crippen molar-refractivity contribution < 1.29 is 23.1 Å². The molecule has 1 fully saturated rings. The van der Waals surface area contributed by atoms with Crippen molar-refractivity contribution in [2.75, 3.05) is 6.54 Å². The molecule has 118 valence electrons. The van der Waals surface area contributed by atoms with E-state index in [1.54, 1.807) is 7.05 Å². The number of aliphatic hydroxyl groups excluding tert-OH is 1. The molecule has 0 aliphatic carbocycles. The largest absolute Gasteiger partial charge is 0.416 e. The van der Waals surface area contributed by atoms with Crippen molar-refractivity contribution in [2.45, 2.75) is 37.6 Å². The van der Waals surface area contributed by atoms with Gasteiger partial charge in [0.15, 0.2) is 6.10 Å². The van der Waals surface area contributed by atoms with E-state index in [0.717, 1.165) is 4.90 Å². The number of hydrogen-bond acceptors (Lipinski definition) is 2. The first kappa shape index (κ1) is 16.2. The van der Waals surface area contributed by atoms with E-state index in [9.17, 15) is 23.1 Å². The molecule has 2 heterocycles. The highest BCUT2D eigenvalue weighted by atomic mass is 35.5. The van der Waals surface area contributed by atoms with Crippen molar-refractivity contribution in [3.63, 3.8) is 0 Å². The molecule has 0 saturated carbocycles. The van der Waals surface area contributed by atoms with Crippen LogP contribution in [0.5, 0.6) is 0 Å². The molecule has 0 radical (unpaired) electrons. The summed E-state index contributed by atoms with van der Waals surface area (Å²) in [6.07, 6.45) is -4.47. The number of halogens is 4. The summed E-state index contributed by atoms with van der Waals surface area (Å²) in [5, 5.41) is 9.84. The molecular formula is C13H16ClF3N2O2. The third-order valence-corrected chi connectivity index (χ3v) is 3.91. The first-order chi connectivity index (χ1) is 9.71. The molecule has 1 aliphatic heterocycles. The molecule has 0 spiro atoms. The maximum atomic E-state index is 12.7. The van der Waals surface area contributed by atoms with Crippen LogP contribution in [0.25, 0.3) is 0 Å². The minimum absolute atomic E-state index is 0.130. The van der Waals surface area contributed by atoms with Crippen LogP contribution in [0.4, 0.5) is 13.2 Å². The van der Waals surface area contributed by atoms with E-state index in [4.69, 9.17) is 11.6 Å². The molecule has 2 rings (SSSR count). The Hall–Kier alpha value is -1.21. The molecule has 8 heteroatoms. The van der Waals surface area contributed by atoms with Crippen molar-refractivity contribution in [3.05, 3.63) is 23.0 Å². The summed E-state index contributed by atoms with van der Waals surface area (Å²) in [7, 11) is 1.60. The fraction of sp³-hybridized carbons (Fsp3) is 0.615. The maximum absolute atomic E-state index is 12.7. The SMILES string of the molecule is Cn1cc(Cl)cc1C(=O)N1CCCCC1C(O)C(F)(F)F. The predicted molar refractivity (Wildman–Crippen MR) is 71.2 cm³/mol. The number of piperidine rings is 1. The third-order valence-electron chi connectivity index (χ3n) is 3.70. The van der Waals surface area contributed by atoms with Crippen LogP contribution in [0.15, 0.2) is 12.3 Å². The van der Waals surface area contributed by atoms with Crippen molar-refractivity contribution in [2.24, 2.45) is 7.05 Å². The minimum Gasteiger partial charge on any atom is -0.382 e. The average molecular weight is 325 g/mol. The van der Waals surface area contributed by atoms with Gasteiger partial charge in [-0.25, -0.2) is 0 Å². The van der Waals surface area contributed by atoms with E-state index >= 15 is 0 Å². The van der Waals surface area contributed by atoms with Gasteiger partial charge in [-0.1, -0.05) is 11.6 Å². The van der Waals surface area contributed by atoms with Crippen LogP contribution in [0.2, 0.25) is 5.02 Å². The lowest BCUT2D eigenvalue weighted by atomic mass is 9.96. The van der Waals surface area contributed by atoms with Gasteiger partial charge in [0.1, 0.15) is 5.69 Å². The van der Waals surface area contributed by atoms with E-state index in [2.05, 4.69) is 0 Å². The van der Waals surface area contributed by atoms with Gasteiger partial charge in [-0.2, -0.15) is 13.2 Å². The van der Waals surface area contributed by atoms with Gasteiger partial charge < -0.3 is 14.6 Å². The topological polar surface area (TPSA) is 45.5 Å². The second-order valence-electron chi connectivity index (χ2n) is 5.20. The summed E-state index contributed by atoms with van der Waals surface area (Å²) in [6.45, 7) is 0.194. The zero-order valence-corrected chi connectivity index (χ0v) is 12.2. The van der Waals surface area contributed by atoms with Gasteiger partial charge in [-0.15, -0.1) is 0 Å². The lowest BCUT2D eigenvalue weighted by Crippen LogP contribution is -2.54. The molecule has 2 unspecified atom stereocenters. The quantitative estimate of drug-likeness (QED) is 0.909. The molecule has 4 nitrogen and oxygen atoms in total. The predicted octanol–water partition coefficient (Wildman–Crippen LogP) is 2.60. The molecule has 2 atom stereocenters. The second-order valence-corrected chi connectivity index (χ2v) is 5.64. The van der Waals surface area contributed by atoms with Crippen LogP contribution >= 0.6 is 11.6 Å². The molecular weight excluding hydrogens is 309 g/mol.